The summed E-state index contributed by atoms with van der Waals surface area (Å²) in [6.45, 7) is 10.7. The van der Waals surface area contributed by atoms with Gasteiger partial charge in [-0.25, -0.2) is 0 Å². The number of halogens is 1. The number of nitrogens with one attached hydrogen (secondary N) is 1. The number of rotatable bonds is 9. The summed E-state index contributed by atoms with van der Waals surface area (Å²) in [5.74, 6) is 0.489. The highest BCUT2D eigenvalue weighted by atomic mass is 35.5. The van der Waals surface area contributed by atoms with Crippen molar-refractivity contribution in [3.8, 4) is 0 Å². The maximum absolute atomic E-state index is 12.9. The third-order valence-corrected chi connectivity index (χ3v) is 7.07. The summed E-state index contributed by atoms with van der Waals surface area (Å²) < 4.78 is 26.9. The summed E-state index contributed by atoms with van der Waals surface area (Å²) in [7, 11) is 1.64. The molecular weight excluding hydrogens is 382 g/mol. The summed E-state index contributed by atoms with van der Waals surface area (Å²) in [5, 5.41) is 0.729. The van der Waals surface area contributed by atoms with E-state index in [4.69, 9.17) is 21.1 Å². The summed E-state index contributed by atoms with van der Waals surface area (Å²) in [4.78, 5) is 0. The van der Waals surface area contributed by atoms with Gasteiger partial charge in [-0.1, -0.05) is 37.6 Å². The fraction of sp³-hybridized carbons (Fsp3) is 0.714. The zero-order chi connectivity index (χ0) is 20.2. The molecule has 6 heteroatoms. The largest absolute Gasteiger partial charge is 0.598 e. The Balaban J connectivity index is 2.31. The number of methoxy groups -OCH3 is 1. The molecule has 0 bridgehead atoms. The number of benzene rings is 1. The molecule has 0 aliphatic heterocycles. The molecule has 0 amide bonds. The number of ether oxygens (including phenoxy) is 2. The van der Waals surface area contributed by atoms with Crippen LogP contribution < -0.4 is 4.72 Å². The lowest BCUT2D eigenvalue weighted by Crippen LogP contribution is -2.61. The zero-order valence-corrected chi connectivity index (χ0v) is 19.0. The molecule has 2 rings (SSSR count). The van der Waals surface area contributed by atoms with E-state index in [1.165, 1.54) is 5.56 Å². The fourth-order valence-electron chi connectivity index (χ4n) is 3.70. The molecule has 1 N–H and O–H groups in total. The average molecular weight is 416 g/mol. The van der Waals surface area contributed by atoms with E-state index >= 15 is 0 Å². The van der Waals surface area contributed by atoms with E-state index in [1.54, 1.807) is 7.11 Å². The topological polar surface area (TPSA) is 53.5 Å². The summed E-state index contributed by atoms with van der Waals surface area (Å²) >= 11 is 4.99. The Morgan fingerprint density at radius 2 is 1.85 bits per heavy atom. The molecule has 154 valence electrons. The predicted molar refractivity (Wildman–Crippen MR) is 113 cm³/mol. The first-order chi connectivity index (χ1) is 12.6. The minimum Gasteiger partial charge on any atom is -0.598 e. The van der Waals surface area contributed by atoms with Gasteiger partial charge in [-0.15, -0.1) is 4.72 Å². The molecule has 27 heavy (non-hydrogen) atoms. The van der Waals surface area contributed by atoms with Crippen molar-refractivity contribution in [2.24, 2.45) is 5.92 Å². The molecule has 1 aromatic carbocycles. The first-order valence-electron chi connectivity index (χ1n) is 9.63. The van der Waals surface area contributed by atoms with E-state index < -0.39 is 11.4 Å². The molecule has 1 aliphatic carbocycles. The highest BCUT2D eigenvalue weighted by Crippen LogP contribution is 2.50. The van der Waals surface area contributed by atoms with Crippen LogP contribution in [0.4, 0.5) is 0 Å². The Hall–Kier alpha value is -0.300. The van der Waals surface area contributed by atoms with Crippen molar-refractivity contribution >= 4 is 23.0 Å². The molecule has 1 unspecified atom stereocenters. The van der Waals surface area contributed by atoms with Gasteiger partial charge < -0.3 is 14.0 Å². The second-order valence-corrected chi connectivity index (χ2v) is 11.4. The normalized spacial score (nSPS) is 25.3. The van der Waals surface area contributed by atoms with Crippen LogP contribution in [0, 0.1) is 5.92 Å². The van der Waals surface area contributed by atoms with Gasteiger partial charge in [0.1, 0.15) is 11.5 Å². The molecule has 2 atom stereocenters. The molecule has 1 aromatic rings. The van der Waals surface area contributed by atoms with Crippen LogP contribution in [0.25, 0.3) is 0 Å². The summed E-state index contributed by atoms with van der Waals surface area (Å²) in [5.41, 5.74) is 1.11. The zero-order valence-electron chi connectivity index (χ0n) is 17.4. The van der Waals surface area contributed by atoms with Crippen LogP contribution in [-0.2, 0) is 26.3 Å². The number of hydrogen-bond acceptors (Lipinski definition) is 4. The van der Waals surface area contributed by atoms with Crippen LogP contribution in [0.1, 0.15) is 59.4 Å². The fourth-order valence-corrected chi connectivity index (χ4v) is 4.76. The van der Waals surface area contributed by atoms with E-state index in [2.05, 4.69) is 30.7 Å². The summed E-state index contributed by atoms with van der Waals surface area (Å²) in [6, 6.07) is 8.18. The van der Waals surface area contributed by atoms with Gasteiger partial charge in [0, 0.05) is 28.9 Å². The monoisotopic (exact) mass is 415 g/mol. The smallest absolute Gasteiger partial charge is 0.146 e. The lowest BCUT2D eigenvalue weighted by atomic mass is 9.57. The molecular formula is C21H34ClNO3S. The minimum absolute atomic E-state index is 0.0983. The van der Waals surface area contributed by atoms with Crippen LogP contribution in [0.15, 0.2) is 24.3 Å². The van der Waals surface area contributed by atoms with E-state index in [0.29, 0.717) is 12.7 Å². The van der Waals surface area contributed by atoms with Crippen molar-refractivity contribution in [1.29, 1.82) is 0 Å². The first kappa shape index (κ1) is 23.0. The molecule has 4 nitrogen and oxygen atoms in total. The average Bonchev–Trinajstić information content (AvgIpc) is 2.53. The maximum atomic E-state index is 12.9. The summed E-state index contributed by atoms with van der Waals surface area (Å²) in [6.07, 6.45) is 2.86. The Labute approximate surface area is 172 Å². The van der Waals surface area contributed by atoms with Gasteiger partial charge in [-0.3, -0.25) is 0 Å². The lowest BCUT2D eigenvalue weighted by Gasteiger charge is -2.53. The highest BCUT2D eigenvalue weighted by Gasteiger charge is 2.53. The molecule has 1 fully saturated rings. The van der Waals surface area contributed by atoms with E-state index in [-0.39, 0.29) is 22.3 Å². The van der Waals surface area contributed by atoms with Gasteiger partial charge in [0.05, 0.1) is 12.1 Å². The van der Waals surface area contributed by atoms with E-state index in [9.17, 15) is 4.55 Å². The van der Waals surface area contributed by atoms with Crippen molar-refractivity contribution in [3.05, 3.63) is 34.9 Å². The predicted octanol–water partition coefficient (Wildman–Crippen LogP) is 4.83. The molecule has 0 aromatic heterocycles. The SMILES string of the molecule is COCOC1CC(c2ccc(Cl)cc2)([C@@H](CC(C)C)N[S+]([O-])C(C)(C)C)C1. The first-order valence-corrected chi connectivity index (χ1v) is 11.2. The van der Waals surface area contributed by atoms with E-state index in [1.807, 2.05) is 32.9 Å². The van der Waals surface area contributed by atoms with Gasteiger partial charge >= 0.3 is 0 Å². The van der Waals surface area contributed by atoms with E-state index in [0.717, 1.165) is 24.3 Å². The molecule has 1 aliphatic rings. The van der Waals surface area contributed by atoms with Crippen LogP contribution >= 0.6 is 11.6 Å². The third-order valence-electron chi connectivity index (χ3n) is 5.20. The van der Waals surface area contributed by atoms with Crippen LogP contribution in [0.2, 0.25) is 5.02 Å². The molecule has 1 saturated carbocycles. The Morgan fingerprint density at radius 1 is 1.26 bits per heavy atom. The standard InChI is InChI=1S/C21H34ClNO3S/c1-15(2)11-19(23-27(24)20(3,4)5)21(12-18(13-21)26-14-25-6)16-7-9-17(22)10-8-16/h7-10,15,18-19,23H,11-14H2,1-6H3/t18?,19-,21?,27?/m1/s1. The van der Waals surface area contributed by atoms with Crippen molar-refractivity contribution in [3.63, 3.8) is 0 Å². The quantitative estimate of drug-likeness (QED) is 0.463. The Morgan fingerprint density at radius 3 is 2.33 bits per heavy atom. The van der Waals surface area contributed by atoms with Crippen molar-refractivity contribution in [2.45, 2.75) is 76.2 Å². The lowest BCUT2D eigenvalue weighted by molar-refractivity contribution is -0.127. The van der Waals surface area contributed by atoms with Crippen molar-refractivity contribution in [1.82, 2.24) is 4.72 Å². The Bertz CT molecular complexity index is 582. The van der Waals surface area contributed by atoms with Crippen LogP contribution in [-0.4, -0.2) is 35.3 Å². The van der Waals surface area contributed by atoms with Gasteiger partial charge in [-0.05, 0) is 63.6 Å². The van der Waals surface area contributed by atoms with Gasteiger partial charge in [0.15, 0.2) is 0 Å². The van der Waals surface area contributed by atoms with Crippen LogP contribution in [0.5, 0.6) is 0 Å². The molecule has 0 heterocycles. The van der Waals surface area contributed by atoms with Gasteiger partial charge in [0.25, 0.3) is 0 Å². The molecule has 0 saturated heterocycles. The second kappa shape index (κ2) is 9.47. The van der Waals surface area contributed by atoms with Gasteiger partial charge in [0.2, 0.25) is 0 Å². The molecule has 0 radical (unpaired) electrons. The minimum atomic E-state index is -1.13. The molecule has 0 spiro atoms. The maximum Gasteiger partial charge on any atom is 0.146 e. The van der Waals surface area contributed by atoms with Crippen molar-refractivity contribution < 1.29 is 14.0 Å². The number of hydrogen-bond donors (Lipinski definition) is 1. The second-order valence-electron chi connectivity index (χ2n) is 8.95. The van der Waals surface area contributed by atoms with Crippen LogP contribution in [0.3, 0.4) is 0 Å². The Kier molecular flexibility index (Phi) is 8.06. The van der Waals surface area contributed by atoms with Crippen molar-refractivity contribution in [2.75, 3.05) is 13.9 Å². The van der Waals surface area contributed by atoms with Gasteiger partial charge in [-0.2, -0.15) is 0 Å². The highest BCUT2D eigenvalue weighted by molar-refractivity contribution is 7.90. The third kappa shape index (κ3) is 5.84.